The van der Waals surface area contributed by atoms with Gasteiger partial charge in [0.05, 0.1) is 9.75 Å². The second-order valence-electron chi connectivity index (χ2n) is 5.45. The fraction of sp³-hybridized carbons (Fsp3) is 0.643. The molecule has 1 saturated heterocycles. The van der Waals surface area contributed by atoms with Gasteiger partial charge >= 0.3 is 0 Å². The average Bonchev–Trinajstić information content (AvgIpc) is 2.98. The van der Waals surface area contributed by atoms with Crippen molar-refractivity contribution < 1.29 is 4.79 Å². The highest BCUT2D eigenvalue weighted by Gasteiger charge is 2.43. The number of carbonyl (C=O) groups is 1. The average molecular weight is 301 g/mol. The summed E-state index contributed by atoms with van der Waals surface area (Å²) in [5.41, 5.74) is -0.229. The maximum Gasteiger partial charge on any atom is 0.227 e. The minimum atomic E-state index is -0.229. The molecule has 0 bridgehead atoms. The van der Waals surface area contributed by atoms with E-state index in [1.54, 1.807) is 11.3 Å². The lowest BCUT2D eigenvalue weighted by molar-refractivity contribution is -0.132. The van der Waals surface area contributed by atoms with E-state index >= 15 is 0 Å². The van der Waals surface area contributed by atoms with E-state index in [2.05, 4.69) is 24.5 Å². The second kappa shape index (κ2) is 6.25. The number of hydrogen-bond acceptors (Lipinski definition) is 3. The van der Waals surface area contributed by atoms with Gasteiger partial charge in [0, 0.05) is 18.0 Å². The van der Waals surface area contributed by atoms with Crippen molar-refractivity contribution in [2.45, 2.75) is 26.7 Å². The summed E-state index contributed by atoms with van der Waals surface area (Å²) in [6, 6.07) is 3.92. The van der Waals surface area contributed by atoms with Gasteiger partial charge in [0.15, 0.2) is 0 Å². The Hall–Kier alpha value is -0.580. The molecule has 0 radical (unpaired) electrons. The van der Waals surface area contributed by atoms with E-state index in [4.69, 9.17) is 11.6 Å². The summed E-state index contributed by atoms with van der Waals surface area (Å²) < 4.78 is 0.806. The lowest BCUT2D eigenvalue weighted by Crippen LogP contribution is -2.46. The van der Waals surface area contributed by atoms with Crippen LogP contribution in [0.15, 0.2) is 12.1 Å². The van der Waals surface area contributed by atoms with Gasteiger partial charge in [0.2, 0.25) is 5.91 Å². The maximum atomic E-state index is 12.4. The lowest BCUT2D eigenvalue weighted by Gasteiger charge is -2.31. The molecule has 1 unspecified atom stereocenters. The monoisotopic (exact) mass is 300 g/mol. The first kappa shape index (κ1) is 14.8. The van der Waals surface area contributed by atoms with Crippen molar-refractivity contribution in [2.24, 2.45) is 11.3 Å². The Kier molecular flexibility index (Phi) is 4.87. The number of rotatable bonds is 5. The van der Waals surface area contributed by atoms with Crippen molar-refractivity contribution in [3.63, 3.8) is 0 Å². The Balaban J connectivity index is 1.86. The predicted molar refractivity (Wildman–Crippen MR) is 80.8 cm³/mol. The van der Waals surface area contributed by atoms with E-state index < -0.39 is 0 Å². The summed E-state index contributed by atoms with van der Waals surface area (Å²) in [5, 5.41) is 6.40. The van der Waals surface area contributed by atoms with Crippen LogP contribution in [0.2, 0.25) is 4.34 Å². The van der Waals surface area contributed by atoms with Crippen LogP contribution >= 0.6 is 22.9 Å². The number of thiophene rings is 1. The highest BCUT2D eigenvalue weighted by molar-refractivity contribution is 7.16. The number of nitrogens with one attached hydrogen (secondary N) is 2. The highest BCUT2D eigenvalue weighted by Crippen LogP contribution is 2.34. The summed E-state index contributed by atoms with van der Waals surface area (Å²) in [5.74, 6) is 0.550. The van der Waals surface area contributed by atoms with Gasteiger partial charge in [-0.05, 0) is 37.4 Å². The molecule has 0 aromatic carbocycles. The molecule has 1 aliphatic rings. The minimum Gasteiger partial charge on any atom is -0.355 e. The zero-order valence-electron chi connectivity index (χ0n) is 11.5. The third-order valence-electron chi connectivity index (χ3n) is 4.03. The van der Waals surface area contributed by atoms with Crippen LogP contribution in [0.25, 0.3) is 0 Å². The first-order valence-corrected chi connectivity index (χ1v) is 7.97. The first-order chi connectivity index (χ1) is 9.04. The number of carbonyl (C=O) groups excluding carboxylic acids is 1. The number of hydrogen-bond donors (Lipinski definition) is 2. The van der Waals surface area contributed by atoms with Crippen molar-refractivity contribution in [1.82, 2.24) is 10.6 Å². The Morgan fingerprint density at radius 2 is 2.37 bits per heavy atom. The molecule has 1 atom stereocenters. The van der Waals surface area contributed by atoms with Gasteiger partial charge < -0.3 is 10.6 Å². The van der Waals surface area contributed by atoms with Crippen molar-refractivity contribution in [3.8, 4) is 0 Å². The van der Waals surface area contributed by atoms with E-state index in [0.29, 0.717) is 12.5 Å². The van der Waals surface area contributed by atoms with Crippen LogP contribution in [0.4, 0.5) is 0 Å². The Morgan fingerprint density at radius 1 is 1.58 bits per heavy atom. The molecule has 3 nitrogen and oxygen atoms in total. The zero-order valence-corrected chi connectivity index (χ0v) is 13.0. The maximum absolute atomic E-state index is 12.4. The second-order valence-corrected chi connectivity index (χ2v) is 7.25. The molecule has 2 rings (SSSR count). The molecule has 1 amide bonds. The van der Waals surface area contributed by atoms with Gasteiger partial charge in [0.1, 0.15) is 0 Å². The summed E-state index contributed by atoms with van der Waals surface area (Å²) in [6.07, 6.45) is 1.78. The summed E-state index contributed by atoms with van der Waals surface area (Å²) >= 11 is 7.47. The van der Waals surface area contributed by atoms with Gasteiger partial charge in [-0.15, -0.1) is 11.3 Å². The van der Waals surface area contributed by atoms with E-state index in [9.17, 15) is 4.79 Å². The molecular weight excluding hydrogens is 280 g/mol. The van der Waals surface area contributed by atoms with Gasteiger partial charge in [-0.1, -0.05) is 25.4 Å². The van der Waals surface area contributed by atoms with E-state index in [-0.39, 0.29) is 11.3 Å². The molecule has 1 aliphatic heterocycles. The van der Waals surface area contributed by atoms with Crippen LogP contribution in [0.3, 0.4) is 0 Å². The Morgan fingerprint density at radius 3 is 2.89 bits per heavy atom. The molecule has 106 valence electrons. The molecule has 1 fully saturated rings. The standard InChI is InChI=1S/C14H21ClN2OS/c1-10(2)14(6-8-16-9-14)13(18)17-7-5-11-3-4-12(15)19-11/h3-4,10,16H,5-9H2,1-2H3,(H,17,18). The van der Waals surface area contributed by atoms with Crippen molar-refractivity contribution in [2.75, 3.05) is 19.6 Å². The molecule has 2 heterocycles. The van der Waals surface area contributed by atoms with Crippen LogP contribution in [-0.2, 0) is 11.2 Å². The zero-order chi connectivity index (χ0) is 13.9. The molecule has 2 N–H and O–H groups in total. The summed E-state index contributed by atoms with van der Waals surface area (Å²) in [6.45, 7) is 6.68. The molecule has 1 aromatic heterocycles. The molecule has 0 spiro atoms. The van der Waals surface area contributed by atoms with Crippen molar-refractivity contribution in [1.29, 1.82) is 0 Å². The fourth-order valence-electron chi connectivity index (χ4n) is 2.62. The molecule has 0 aliphatic carbocycles. The SMILES string of the molecule is CC(C)C1(C(=O)NCCc2ccc(Cl)s2)CCNC1. The molecule has 0 saturated carbocycles. The van der Waals surface area contributed by atoms with Gasteiger partial charge in [0.25, 0.3) is 0 Å². The van der Waals surface area contributed by atoms with Crippen LogP contribution in [0, 0.1) is 11.3 Å². The first-order valence-electron chi connectivity index (χ1n) is 6.78. The summed E-state index contributed by atoms with van der Waals surface area (Å²) in [7, 11) is 0. The van der Waals surface area contributed by atoms with Gasteiger partial charge in [-0.2, -0.15) is 0 Å². The number of halogens is 1. The Bertz CT molecular complexity index is 438. The third-order valence-corrected chi connectivity index (χ3v) is 5.32. The molecular formula is C14H21ClN2OS. The smallest absolute Gasteiger partial charge is 0.227 e. The van der Waals surface area contributed by atoms with Gasteiger partial charge in [-0.3, -0.25) is 4.79 Å². The van der Waals surface area contributed by atoms with Crippen LogP contribution < -0.4 is 10.6 Å². The third kappa shape index (κ3) is 3.30. The predicted octanol–water partition coefficient (Wildman–Crippen LogP) is 2.70. The molecule has 5 heteroatoms. The topological polar surface area (TPSA) is 41.1 Å². The summed E-state index contributed by atoms with van der Waals surface area (Å²) in [4.78, 5) is 13.6. The minimum absolute atomic E-state index is 0.190. The Labute approximate surface area is 123 Å². The van der Waals surface area contributed by atoms with Crippen LogP contribution in [0.1, 0.15) is 25.1 Å². The molecule has 1 aromatic rings. The highest BCUT2D eigenvalue weighted by atomic mass is 35.5. The quantitative estimate of drug-likeness (QED) is 0.878. The van der Waals surface area contributed by atoms with Crippen LogP contribution in [0.5, 0.6) is 0 Å². The van der Waals surface area contributed by atoms with Crippen molar-refractivity contribution >= 4 is 28.8 Å². The van der Waals surface area contributed by atoms with E-state index in [0.717, 1.165) is 30.3 Å². The van der Waals surface area contributed by atoms with E-state index in [1.807, 2.05) is 12.1 Å². The largest absolute Gasteiger partial charge is 0.355 e. The normalized spacial score (nSPS) is 22.9. The van der Waals surface area contributed by atoms with E-state index in [1.165, 1.54) is 4.88 Å². The van der Waals surface area contributed by atoms with Crippen LogP contribution in [-0.4, -0.2) is 25.5 Å². The number of amides is 1. The van der Waals surface area contributed by atoms with Crippen molar-refractivity contribution in [3.05, 3.63) is 21.3 Å². The fourth-order valence-corrected chi connectivity index (χ4v) is 3.71. The lowest BCUT2D eigenvalue weighted by atomic mass is 9.75. The molecule has 19 heavy (non-hydrogen) atoms. The van der Waals surface area contributed by atoms with Gasteiger partial charge in [-0.25, -0.2) is 0 Å².